The Morgan fingerprint density at radius 3 is 2.30 bits per heavy atom. The standard InChI is InChI=1S/C31H27N3O3/c1-37-28-17-16-22(20-27(28)35)21-32-33-29(36)18-19-34-26-15-9-8-14-25(26)30(23-10-4-2-5-11-23)31(34)24-12-6-3-7-13-24/h2-17,20-21,35H,18-19H2,1H3,(H,33,36)/b32-21+. The normalized spacial score (nSPS) is 11.2. The van der Waals surface area contributed by atoms with E-state index < -0.39 is 0 Å². The van der Waals surface area contributed by atoms with Crippen LogP contribution in [0.25, 0.3) is 33.3 Å². The highest BCUT2D eigenvalue weighted by atomic mass is 16.5. The molecule has 184 valence electrons. The van der Waals surface area contributed by atoms with Gasteiger partial charge in [-0.3, -0.25) is 4.79 Å². The number of nitrogens with zero attached hydrogens (tertiary/aromatic N) is 2. The summed E-state index contributed by atoms with van der Waals surface area (Å²) in [5.74, 6) is 0.191. The van der Waals surface area contributed by atoms with Gasteiger partial charge in [0.1, 0.15) is 0 Å². The predicted octanol–water partition coefficient (Wildman–Crippen LogP) is 6.23. The number of ether oxygens (including phenoxy) is 1. The SMILES string of the molecule is COc1ccc(/C=N/NC(=O)CCn2c(-c3ccccc3)c(-c3ccccc3)c3ccccc32)cc1O. The van der Waals surface area contributed by atoms with Gasteiger partial charge in [-0.25, -0.2) is 5.43 Å². The molecule has 0 fully saturated rings. The van der Waals surface area contributed by atoms with Crippen molar-refractivity contribution >= 4 is 23.0 Å². The number of aromatic hydroxyl groups is 1. The van der Waals surface area contributed by atoms with Gasteiger partial charge in [-0.05, 0) is 41.0 Å². The Hall–Kier alpha value is -4.84. The number of hydrogen-bond donors (Lipinski definition) is 2. The molecule has 1 amide bonds. The topological polar surface area (TPSA) is 75.8 Å². The van der Waals surface area contributed by atoms with Crippen LogP contribution in [-0.4, -0.2) is 28.9 Å². The third-order valence-corrected chi connectivity index (χ3v) is 6.25. The largest absolute Gasteiger partial charge is 0.504 e. The van der Waals surface area contributed by atoms with Crippen LogP contribution in [0.5, 0.6) is 11.5 Å². The van der Waals surface area contributed by atoms with E-state index in [4.69, 9.17) is 4.74 Å². The third-order valence-electron chi connectivity index (χ3n) is 6.25. The number of methoxy groups -OCH3 is 1. The minimum Gasteiger partial charge on any atom is -0.504 e. The molecule has 4 aromatic carbocycles. The lowest BCUT2D eigenvalue weighted by Gasteiger charge is -2.13. The highest BCUT2D eigenvalue weighted by Crippen LogP contribution is 2.41. The molecule has 5 aromatic rings. The van der Waals surface area contributed by atoms with Crippen molar-refractivity contribution in [3.8, 4) is 33.9 Å². The summed E-state index contributed by atoms with van der Waals surface area (Å²) in [5.41, 5.74) is 8.78. The highest BCUT2D eigenvalue weighted by molar-refractivity contribution is 6.04. The number of phenols is 1. The van der Waals surface area contributed by atoms with Crippen LogP contribution in [0.15, 0.2) is 108 Å². The van der Waals surface area contributed by atoms with E-state index >= 15 is 0 Å². The first kappa shape index (κ1) is 23.9. The molecule has 0 bridgehead atoms. The molecule has 0 saturated carbocycles. The van der Waals surface area contributed by atoms with E-state index in [1.165, 1.54) is 19.4 Å². The van der Waals surface area contributed by atoms with Crippen LogP contribution in [0.4, 0.5) is 0 Å². The van der Waals surface area contributed by atoms with Gasteiger partial charge in [0, 0.05) is 29.4 Å². The number of benzene rings is 4. The van der Waals surface area contributed by atoms with Crippen molar-refractivity contribution < 1.29 is 14.6 Å². The Morgan fingerprint density at radius 2 is 1.59 bits per heavy atom. The lowest BCUT2D eigenvalue weighted by atomic mass is 9.98. The summed E-state index contributed by atoms with van der Waals surface area (Å²) in [5, 5.41) is 15.1. The molecule has 37 heavy (non-hydrogen) atoms. The maximum Gasteiger partial charge on any atom is 0.241 e. The number of carbonyl (C=O) groups is 1. The van der Waals surface area contributed by atoms with Gasteiger partial charge < -0.3 is 14.4 Å². The van der Waals surface area contributed by atoms with Gasteiger partial charge in [0.25, 0.3) is 0 Å². The van der Waals surface area contributed by atoms with E-state index in [0.717, 1.165) is 33.3 Å². The number of aromatic nitrogens is 1. The molecule has 0 atom stereocenters. The van der Waals surface area contributed by atoms with E-state index in [2.05, 4.69) is 51.5 Å². The highest BCUT2D eigenvalue weighted by Gasteiger charge is 2.20. The van der Waals surface area contributed by atoms with E-state index in [1.54, 1.807) is 12.1 Å². The maximum atomic E-state index is 12.7. The fraction of sp³-hybridized carbons (Fsp3) is 0.0968. The van der Waals surface area contributed by atoms with Crippen molar-refractivity contribution in [1.82, 2.24) is 9.99 Å². The van der Waals surface area contributed by atoms with E-state index in [0.29, 0.717) is 17.9 Å². The van der Waals surface area contributed by atoms with Crippen molar-refractivity contribution in [1.29, 1.82) is 0 Å². The van der Waals surface area contributed by atoms with E-state index in [1.807, 2.05) is 48.5 Å². The average molecular weight is 490 g/mol. The monoisotopic (exact) mass is 489 g/mol. The Bertz CT molecular complexity index is 1560. The molecule has 0 aliphatic rings. The number of para-hydroxylation sites is 1. The molecule has 1 aromatic heterocycles. The van der Waals surface area contributed by atoms with Gasteiger partial charge in [0.15, 0.2) is 11.5 Å². The van der Waals surface area contributed by atoms with Crippen LogP contribution in [0.2, 0.25) is 0 Å². The first-order chi connectivity index (χ1) is 18.2. The van der Waals surface area contributed by atoms with Gasteiger partial charge in [-0.15, -0.1) is 0 Å². The zero-order valence-electron chi connectivity index (χ0n) is 20.5. The molecule has 0 aliphatic carbocycles. The second kappa shape index (κ2) is 10.8. The molecule has 0 saturated heterocycles. The zero-order valence-corrected chi connectivity index (χ0v) is 20.5. The Labute approximate surface area is 215 Å². The number of rotatable bonds is 8. The fourth-order valence-electron chi connectivity index (χ4n) is 4.56. The minimum absolute atomic E-state index is 0.0138. The molecule has 5 rings (SSSR count). The molecule has 6 nitrogen and oxygen atoms in total. The van der Waals surface area contributed by atoms with Crippen LogP contribution in [0.1, 0.15) is 12.0 Å². The number of aryl methyl sites for hydroxylation is 1. The summed E-state index contributed by atoms with van der Waals surface area (Å²) < 4.78 is 7.27. The molecule has 2 N–H and O–H groups in total. The number of nitrogens with one attached hydrogen (secondary N) is 1. The van der Waals surface area contributed by atoms with Gasteiger partial charge in [0.05, 0.1) is 19.0 Å². The summed E-state index contributed by atoms with van der Waals surface area (Å²) in [4.78, 5) is 12.7. The lowest BCUT2D eigenvalue weighted by Crippen LogP contribution is -2.19. The van der Waals surface area contributed by atoms with Gasteiger partial charge in [-0.1, -0.05) is 78.9 Å². The number of carbonyl (C=O) groups excluding carboxylic acids is 1. The summed E-state index contributed by atoms with van der Waals surface area (Å²) in [7, 11) is 1.49. The zero-order chi connectivity index (χ0) is 25.6. The van der Waals surface area contributed by atoms with Crippen LogP contribution in [0, 0.1) is 0 Å². The third kappa shape index (κ3) is 5.09. The van der Waals surface area contributed by atoms with Gasteiger partial charge in [-0.2, -0.15) is 5.10 Å². The molecular formula is C31H27N3O3. The van der Waals surface area contributed by atoms with Crippen molar-refractivity contribution in [3.63, 3.8) is 0 Å². The molecule has 0 spiro atoms. The Morgan fingerprint density at radius 1 is 0.919 bits per heavy atom. The van der Waals surface area contributed by atoms with E-state index in [-0.39, 0.29) is 18.1 Å². The first-order valence-electron chi connectivity index (χ1n) is 12.1. The number of phenolic OH excluding ortho intramolecular Hbond substituents is 1. The average Bonchev–Trinajstić information content (AvgIpc) is 3.27. The summed E-state index contributed by atoms with van der Waals surface area (Å²) in [6.45, 7) is 0.488. The van der Waals surface area contributed by atoms with Gasteiger partial charge >= 0.3 is 0 Å². The van der Waals surface area contributed by atoms with Crippen molar-refractivity contribution in [2.45, 2.75) is 13.0 Å². The summed E-state index contributed by atoms with van der Waals surface area (Å²) in [6.07, 6.45) is 1.74. The smallest absolute Gasteiger partial charge is 0.241 e. The number of hydrazone groups is 1. The fourth-order valence-corrected chi connectivity index (χ4v) is 4.56. The molecule has 0 unspecified atom stereocenters. The van der Waals surface area contributed by atoms with E-state index in [9.17, 15) is 9.90 Å². The van der Waals surface area contributed by atoms with Crippen LogP contribution < -0.4 is 10.2 Å². The number of amides is 1. The second-order valence-corrected chi connectivity index (χ2v) is 8.60. The van der Waals surface area contributed by atoms with Crippen molar-refractivity contribution in [3.05, 3.63) is 109 Å². The minimum atomic E-state index is -0.202. The number of hydrogen-bond acceptors (Lipinski definition) is 4. The molecular weight excluding hydrogens is 462 g/mol. The first-order valence-corrected chi connectivity index (χ1v) is 12.1. The second-order valence-electron chi connectivity index (χ2n) is 8.60. The lowest BCUT2D eigenvalue weighted by molar-refractivity contribution is -0.121. The quantitative estimate of drug-likeness (QED) is 0.200. The molecule has 0 radical (unpaired) electrons. The van der Waals surface area contributed by atoms with Crippen LogP contribution in [0.3, 0.4) is 0 Å². The number of fused-ring (bicyclic) bond motifs is 1. The Kier molecular flexibility index (Phi) is 6.99. The van der Waals surface area contributed by atoms with Crippen molar-refractivity contribution in [2.75, 3.05) is 7.11 Å². The summed E-state index contributed by atoms with van der Waals surface area (Å²) >= 11 is 0. The van der Waals surface area contributed by atoms with Crippen LogP contribution in [-0.2, 0) is 11.3 Å². The molecule has 1 heterocycles. The Balaban J connectivity index is 1.43. The molecule has 6 heteroatoms. The summed E-state index contributed by atoms with van der Waals surface area (Å²) in [6, 6.07) is 33.9. The maximum absolute atomic E-state index is 12.7. The van der Waals surface area contributed by atoms with Crippen molar-refractivity contribution in [2.24, 2.45) is 5.10 Å². The predicted molar refractivity (Wildman–Crippen MR) is 148 cm³/mol. The molecule has 0 aliphatic heterocycles. The van der Waals surface area contributed by atoms with Crippen LogP contribution >= 0.6 is 0 Å². The van der Waals surface area contributed by atoms with Gasteiger partial charge in [0.2, 0.25) is 5.91 Å².